The van der Waals surface area contributed by atoms with E-state index in [2.05, 4.69) is 30.4 Å². The summed E-state index contributed by atoms with van der Waals surface area (Å²) in [6.07, 6.45) is 2.80. The number of hydrogen-bond donors (Lipinski definition) is 2. The summed E-state index contributed by atoms with van der Waals surface area (Å²) in [4.78, 5) is 29.5. The van der Waals surface area contributed by atoms with Crippen molar-refractivity contribution in [2.45, 2.75) is 19.9 Å². The van der Waals surface area contributed by atoms with Crippen LogP contribution < -0.4 is 11.1 Å². The van der Waals surface area contributed by atoms with Crippen molar-refractivity contribution in [3.63, 3.8) is 0 Å². The summed E-state index contributed by atoms with van der Waals surface area (Å²) in [7, 11) is 1.73. The molecule has 1 amide bonds. The average Bonchev–Trinajstić information content (AvgIpc) is 2.99. The van der Waals surface area contributed by atoms with E-state index in [-0.39, 0.29) is 23.8 Å². The fraction of sp³-hybridized carbons (Fsp3) is 0.455. The molecule has 10 heteroatoms. The molecule has 0 fully saturated rings. The maximum atomic E-state index is 12.0. The van der Waals surface area contributed by atoms with Gasteiger partial charge in [0.25, 0.3) is 5.95 Å². The SMILES string of the molecule is CCN(C)C(=O)C(C)Nc1nc(N)nc(-n2cncn2)n1. The molecule has 0 saturated carbocycles. The molecule has 112 valence electrons. The molecular formula is C11H17N9O. The van der Waals surface area contributed by atoms with Crippen LogP contribution in [0.15, 0.2) is 12.7 Å². The number of carbonyl (C=O) groups excluding carboxylic acids is 1. The van der Waals surface area contributed by atoms with Gasteiger partial charge in [-0.05, 0) is 13.8 Å². The molecule has 0 spiro atoms. The fourth-order valence-electron chi connectivity index (χ4n) is 1.60. The molecule has 0 saturated heterocycles. The first-order valence-electron chi connectivity index (χ1n) is 6.39. The molecule has 1 unspecified atom stereocenters. The summed E-state index contributed by atoms with van der Waals surface area (Å²) in [6, 6.07) is -0.486. The first-order chi connectivity index (χ1) is 10.0. The van der Waals surface area contributed by atoms with Crippen molar-refractivity contribution in [2.75, 3.05) is 24.6 Å². The highest BCUT2D eigenvalue weighted by molar-refractivity contribution is 5.83. The van der Waals surface area contributed by atoms with Gasteiger partial charge in [0.1, 0.15) is 18.7 Å². The first-order valence-corrected chi connectivity index (χ1v) is 6.39. The number of carbonyl (C=O) groups is 1. The number of nitrogens with zero attached hydrogens (tertiary/aromatic N) is 7. The summed E-state index contributed by atoms with van der Waals surface area (Å²) in [5.74, 6) is 0.393. The van der Waals surface area contributed by atoms with Crippen molar-refractivity contribution in [2.24, 2.45) is 0 Å². The monoisotopic (exact) mass is 291 g/mol. The number of nitrogens with one attached hydrogen (secondary N) is 1. The molecule has 0 bridgehead atoms. The van der Waals surface area contributed by atoms with Gasteiger partial charge in [0, 0.05) is 13.6 Å². The average molecular weight is 291 g/mol. The summed E-state index contributed by atoms with van der Waals surface area (Å²) in [5, 5.41) is 6.82. The number of nitrogen functional groups attached to an aromatic ring is 1. The number of anilines is 2. The standard InChI is InChI=1S/C11H17N9O/c1-4-19(3)8(21)7(2)15-10-16-9(12)17-11(18-10)20-6-13-5-14-20/h5-7H,4H2,1-3H3,(H3,12,15,16,17,18). The van der Waals surface area contributed by atoms with E-state index >= 15 is 0 Å². The Morgan fingerprint density at radius 3 is 2.86 bits per heavy atom. The Labute approximate surface area is 121 Å². The maximum absolute atomic E-state index is 12.0. The molecule has 2 rings (SSSR count). The molecule has 10 nitrogen and oxygen atoms in total. The molecule has 0 aliphatic carbocycles. The third kappa shape index (κ3) is 3.41. The van der Waals surface area contributed by atoms with Gasteiger partial charge >= 0.3 is 0 Å². The van der Waals surface area contributed by atoms with E-state index in [4.69, 9.17) is 5.73 Å². The first kappa shape index (κ1) is 14.6. The second-order valence-electron chi connectivity index (χ2n) is 4.38. The van der Waals surface area contributed by atoms with Crippen LogP contribution in [0.25, 0.3) is 5.95 Å². The van der Waals surface area contributed by atoms with Gasteiger partial charge in [0.05, 0.1) is 0 Å². The number of hydrogen-bond acceptors (Lipinski definition) is 8. The molecule has 2 heterocycles. The number of aromatic nitrogens is 6. The number of likely N-dealkylation sites (N-methyl/N-ethyl adjacent to an activating group) is 1. The van der Waals surface area contributed by atoms with Crippen molar-refractivity contribution in [1.29, 1.82) is 0 Å². The van der Waals surface area contributed by atoms with Crippen molar-refractivity contribution < 1.29 is 4.79 Å². The van der Waals surface area contributed by atoms with Crippen molar-refractivity contribution in [3.8, 4) is 5.95 Å². The minimum absolute atomic E-state index is 0.0292. The van der Waals surface area contributed by atoms with Crippen LogP contribution in [0.2, 0.25) is 0 Å². The van der Waals surface area contributed by atoms with Crippen LogP contribution in [-0.2, 0) is 4.79 Å². The van der Waals surface area contributed by atoms with E-state index in [1.807, 2.05) is 6.92 Å². The highest BCUT2D eigenvalue weighted by Crippen LogP contribution is 2.08. The molecule has 1 atom stereocenters. The van der Waals surface area contributed by atoms with Gasteiger partial charge in [0.2, 0.25) is 17.8 Å². The molecule has 0 radical (unpaired) electrons. The zero-order chi connectivity index (χ0) is 15.4. The van der Waals surface area contributed by atoms with Crippen LogP contribution in [0, 0.1) is 0 Å². The van der Waals surface area contributed by atoms with Gasteiger partial charge in [-0.25, -0.2) is 4.98 Å². The third-order valence-corrected chi connectivity index (χ3v) is 2.83. The Bertz CT molecular complexity index is 612. The van der Waals surface area contributed by atoms with Crippen molar-refractivity contribution >= 4 is 17.8 Å². The van der Waals surface area contributed by atoms with Crippen molar-refractivity contribution in [3.05, 3.63) is 12.7 Å². The highest BCUT2D eigenvalue weighted by Gasteiger charge is 2.18. The predicted octanol–water partition coefficient (Wildman–Crippen LogP) is -0.687. The van der Waals surface area contributed by atoms with Gasteiger partial charge in [0.15, 0.2) is 0 Å². The van der Waals surface area contributed by atoms with Gasteiger partial charge in [-0.2, -0.15) is 24.7 Å². The lowest BCUT2D eigenvalue weighted by atomic mass is 10.3. The second kappa shape index (κ2) is 6.11. The van der Waals surface area contributed by atoms with Crippen LogP contribution in [0.5, 0.6) is 0 Å². The minimum atomic E-state index is -0.486. The predicted molar refractivity (Wildman–Crippen MR) is 75.6 cm³/mol. The quantitative estimate of drug-likeness (QED) is 0.741. The number of nitrogens with two attached hydrogens (primary N) is 1. The lowest BCUT2D eigenvalue weighted by molar-refractivity contribution is -0.130. The zero-order valence-electron chi connectivity index (χ0n) is 12.1. The van der Waals surface area contributed by atoms with Gasteiger partial charge in [-0.3, -0.25) is 4.79 Å². The Morgan fingerprint density at radius 2 is 2.24 bits per heavy atom. The van der Waals surface area contributed by atoms with Crippen LogP contribution in [0.4, 0.5) is 11.9 Å². The second-order valence-corrected chi connectivity index (χ2v) is 4.38. The normalized spacial score (nSPS) is 12.0. The number of rotatable bonds is 5. The molecule has 0 aliphatic heterocycles. The molecule has 2 aromatic heterocycles. The minimum Gasteiger partial charge on any atom is -0.368 e. The summed E-state index contributed by atoms with van der Waals surface area (Å²) in [6.45, 7) is 4.24. The van der Waals surface area contributed by atoms with Crippen molar-refractivity contribution in [1.82, 2.24) is 34.6 Å². The summed E-state index contributed by atoms with van der Waals surface area (Å²) < 4.78 is 1.36. The van der Waals surface area contributed by atoms with Gasteiger partial charge in [-0.15, -0.1) is 0 Å². The Kier molecular flexibility index (Phi) is 4.26. The van der Waals surface area contributed by atoms with E-state index in [0.29, 0.717) is 6.54 Å². The smallest absolute Gasteiger partial charge is 0.258 e. The zero-order valence-corrected chi connectivity index (χ0v) is 12.1. The van der Waals surface area contributed by atoms with Gasteiger partial charge < -0.3 is 16.0 Å². The number of amides is 1. The van der Waals surface area contributed by atoms with Crippen LogP contribution in [-0.4, -0.2) is 60.2 Å². The lowest BCUT2D eigenvalue weighted by Gasteiger charge is -2.20. The maximum Gasteiger partial charge on any atom is 0.258 e. The third-order valence-electron chi connectivity index (χ3n) is 2.83. The lowest BCUT2D eigenvalue weighted by Crippen LogP contribution is -2.39. The molecule has 3 N–H and O–H groups in total. The van der Waals surface area contributed by atoms with Crippen LogP contribution >= 0.6 is 0 Å². The van der Waals surface area contributed by atoms with E-state index in [0.717, 1.165) is 0 Å². The summed E-state index contributed by atoms with van der Waals surface area (Å²) in [5.41, 5.74) is 5.64. The highest BCUT2D eigenvalue weighted by atomic mass is 16.2. The van der Waals surface area contributed by atoms with E-state index in [9.17, 15) is 4.79 Å². The van der Waals surface area contributed by atoms with E-state index in [1.54, 1.807) is 18.9 Å². The van der Waals surface area contributed by atoms with Crippen LogP contribution in [0.1, 0.15) is 13.8 Å². The Hall–Kier alpha value is -2.78. The van der Waals surface area contributed by atoms with E-state index < -0.39 is 6.04 Å². The fourth-order valence-corrected chi connectivity index (χ4v) is 1.60. The largest absolute Gasteiger partial charge is 0.368 e. The van der Waals surface area contributed by atoms with Crippen LogP contribution in [0.3, 0.4) is 0 Å². The Morgan fingerprint density at radius 1 is 1.48 bits per heavy atom. The molecular weight excluding hydrogens is 274 g/mol. The van der Waals surface area contributed by atoms with Gasteiger partial charge in [-0.1, -0.05) is 0 Å². The Balaban J connectivity index is 2.19. The topological polar surface area (TPSA) is 128 Å². The molecule has 0 aliphatic rings. The molecule has 21 heavy (non-hydrogen) atoms. The summed E-state index contributed by atoms with van der Waals surface area (Å²) >= 11 is 0. The molecule has 0 aromatic carbocycles. The van der Waals surface area contributed by atoms with E-state index in [1.165, 1.54) is 17.3 Å². The molecule has 2 aromatic rings.